The lowest BCUT2D eigenvalue weighted by atomic mass is 10.1. The van der Waals surface area contributed by atoms with Crippen LogP contribution in [0.1, 0.15) is 25.8 Å². The average Bonchev–Trinajstić information content (AvgIpc) is 2.86. The minimum absolute atomic E-state index is 0.0590. The maximum atomic E-state index is 11.0. The number of nitro groups is 1. The van der Waals surface area contributed by atoms with E-state index in [1.165, 1.54) is 0 Å². The van der Waals surface area contributed by atoms with Gasteiger partial charge in [0, 0.05) is 31.4 Å². The van der Waals surface area contributed by atoms with Crippen molar-refractivity contribution in [1.82, 2.24) is 9.88 Å². The number of likely N-dealkylation sites (tertiary alicyclic amines) is 1. The smallest absolute Gasteiger partial charge is 0.311 e. The van der Waals surface area contributed by atoms with Crippen molar-refractivity contribution in [1.29, 1.82) is 0 Å². The Bertz CT molecular complexity index is 490. The molecule has 0 radical (unpaired) electrons. The Morgan fingerprint density at radius 2 is 2.35 bits per heavy atom. The molecule has 0 saturated carbocycles. The van der Waals surface area contributed by atoms with Crippen LogP contribution in [0.2, 0.25) is 0 Å². The maximum absolute atomic E-state index is 11.0. The van der Waals surface area contributed by atoms with Gasteiger partial charge >= 0.3 is 5.69 Å². The molecular formula is C14H22N4O2. The van der Waals surface area contributed by atoms with E-state index in [-0.39, 0.29) is 10.6 Å². The van der Waals surface area contributed by atoms with E-state index in [1.807, 2.05) is 0 Å². The summed E-state index contributed by atoms with van der Waals surface area (Å²) >= 11 is 0. The highest BCUT2D eigenvalue weighted by molar-refractivity contribution is 5.56. The van der Waals surface area contributed by atoms with E-state index in [9.17, 15) is 10.1 Å². The summed E-state index contributed by atoms with van der Waals surface area (Å²) in [6, 6.07) is 2.12. The first-order valence-corrected chi connectivity index (χ1v) is 7.06. The number of aromatic nitrogens is 1. The Hall–Kier alpha value is -1.69. The van der Waals surface area contributed by atoms with Gasteiger partial charge in [0.05, 0.1) is 4.92 Å². The number of nitrogens with zero attached hydrogens (tertiary/aromatic N) is 3. The van der Waals surface area contributed by atoms with Crippen LogP contribution >= 0.6 is 0 Å². The first-order chi connectivity index (χ1) is 9.47. The van der Waals surface area contributed by atoms with E-state index < -0.39 is 0 Å². The van der Waals surface area contributed by atoms with E-state index in [0.29, 0.717) is 17.8 Å². The van der Waals surface area contributed by atoms with Gasteiger partial charge in [0.15, 0.2) is 0 Å². The molecule has 20 heavy (non-hydrogen) atoms. The molecule has 2 rings (SSSR count). The van der Waals surface area contributed by atoms with Crippen LogP contribution in [-0.4, -0.2) is 40.5 Å². The van der Waals surface area contributed by atoms with Crippen molar-refractivity contribution in [2.45, 2.75) is 33.2 Å². The second kappa shape index (κ2) is 6.17. The Morgan fingerprint density at radius 3 is 2.95 bits per heavy atom. The SMILES string of the molecule is Cc1cnc(NCC2CCN(C(C)C)C2)c([N+](=O)[O-])c1. The van der Waals surface area contributed by atoms with Gasteiger partial charge in [-0.2, -0.15) is 0 Å². The van der Waals surface area contributed by atoms with Crippen LogP contribution in [0.4, 0.5) is 11.5 Å². The monoisotopic (exact) mass is 278 g/mol. The molecule has 6 heteroatoms. The summed E-state index contributed by atoms with van der Waals surface area (Å²) in [5.41, 5.74) is 0.859. The number of anilines is 1. The summed E-state index contributed by atoms with van der Waals surface area (Å²) in [6.07, 6.45) is 2.79. The molecule has 1 saturated heterocycles. The Balaban J connectivity index is 1.96. The third-order valence-electron chi connectivity index (χ3n) is 3.81. The molecule has 0 amide bonds. The molecule has 1 fully saturated rings. The molecule has 1 atom stereocenters. The second-order valence-electron chi connectivity index (χ2n) is 5.76. The molecular weight excluding hydrogens is 256 g/mol. The van der Waals surface area contributed by atoms with Gasteiger partial charge in [0.25, 0.3) is 0 Å². The van der Waals surface area contributed by atoms with Crippen molar-refractivity contribution in [3.63, 3.8) is 0 Å². The fourth-order valence-electron chi connectivity index (χ4n) is 2.57. The van der Waals surface area contributed by atoms with Crippen molar-refractivity contribution in [2.24, 2.45) is 5.92 Å². The Morgan fingerprint density at radius 1 is 1.60 bits per heavy atom. The molecule has 1 N–H and O–H groups in total. The molecule has 0 aromatic carbocycles. The molecule has 1 aromatic rings. The van der Waals surface area contributed by atoms with Crippen LogP contribution in [0.25, 0.3) is 0 Å². The van der Waals surface area contributed by atoms with Gasteiger partial charge in [0.2, 0.25) is 5.82 Å². The first kappa shape index (κ1) is 14.7. The van der Waals surface area contributed by atoms with E-state index >= 15 is 0 Å². The zero-order valence-corrected chi connectivity index (χ0v) is 12.3. The van der Waals surface area contributed by atoms with Crippen molar-refractivity contribution in [2.75, 3.05) is 25.0 Å². The summed E-state index contributed by atoms with van der Waals surface area (Å²) in [6.45, 7) is 9.09. The number of pyridine rings is 1. The summed E-state index contributed by atoms with van der Waals surface area (Å²) < 4.78 is 0. The zero-order chi connectivity index (χ0) is 14.7. The Labute approximate surface area is 119 Å². The standard InChI is InChI=1S/C14H22N4O2/c1-10(2)17-5-4-12(9-17)8-16-14-13(18(19)20)6-11(3)7-15-14/h6-7,10,12H,4-5,8-9H2,1-3H3,(H,15,16). The molecule has 2 heterocycles. The van der Waals surface area contributed by atoms with Crippen LogP contribution in [0.3, 0.4) is 0 Å². The van der Waals surface area contributed by atoms with Gasteiger partial charge in [-0.25, -0.2) is 4.98 Å². The predicted molar refractivity (Wildman–Crippen MR) is 78.9 cm³/mol. The lowest BCUT2D eigenvalue weighted by Crippen LogP contribution is -2.29. The van der Waals surface area contributed by atoms with Crippen molar-refractivity contribution in [3.05, 3.63) is 27.9 Å². The highest BCUT2D eigenvalue weighted by Crippen LogP contribution is 2.24. The van der Waals surface area contributed by atoms with E-state index in [2.05, 4.69) is 29.0 Å². The van der Waals surface area contributed by atoms with E-state index in [1.54, 1.807) is 19.2 Å². The summed E-state index contributed by atoms with van der Waals surface area (Å²) in [4.78, 5) is 17.2. The maximum Gasteiger partial charge on any atom is 0.311 e. The molecule has 6 nitrogen and oxygen atoms in total. The van der Waals surface area contributed by atoms with Crippen LogP contribution < -0.4 is 5.32 Å². The molecule has 110 valence electrons. The van der Waals surface area contributed by atoms with Gasteiger partial charge in [0.1, 0.15) is 0 Å². The average molecular weight is 278 g/mol. The third kappa shape index (κ3) is 3.45. The van der Waals surface area contributed by atoms with Crippen LogP contribution in [0.5, 0.6) is 0 Å². The zero-order valence-electron chi connectivity index (χ0n) is 12.3. The Kier molecular flexibility index (Phi) is 4.54. The minimum Gasteiger partial charge on any atom is -0.364 e. The highest BCUT2D eigenvalue weighted by atomic mass is 16.6. The predicted octanol–water partition coefficient (Wildman–Crippen LogP) is 2.44. The number of nitrogens with one attached hydrogen (secondary N) is 1. The lowest BCUT2D eigenvalue weighted by molar-refractivity contribution is -0.384. The van der Waals surface area contributed by atoms with E-state index in [4.69, 9.17) is 0 Å². The van der Waals surface area contributed by atoms with Gasteiger partial charge in [-0.05, 0) is 45.2 Å². The highest BCUT2D eigenvalue weighted by Gasteiger charge is 2.25. The fraction of sp³-hybridized carbons (Fsp3) is 0.643. The normalized spacial score (nSPS) is 19.5. The molecule has 1 aliphatic heterocycles. The molecule has 1 unspecified atom stereocenters. The van der Waals surface area contributed by atoms with E-state index in [0.717, 1.165) is 31.6 Å². The van der Waals surface area contributed by atoms with Crippen LogP contribution in [0.15, 0.2) is 12.3 Å². The number of aryl methyl sites for hydroxylation is 1. The van der Waals surface area contributed by atoms with Gasteiger partial charge < -0.3 is 10.2 Å². The summed E-state index contributed by atoms with van der Waals surface area (Å²) in [5, 5.41) is 14.2. The molecule has 0 spiro atoms. The largest absolute Gasteiger partial charge is 0.364 e. The molecule has 1 aliphatic rings. The number of hydrogen-bond donors (Lipinski definition) is 1. The fourth-order valence-corrected chi connectivity index (χ4v) is 2.57. The third-order valence-corrected chi connectivity index (χ3v) is 3.81. The van der Waals surface area contributed by atoms with Gasteiger partial charge in [-0.15, -0.1) is 0 Å². The quantitative estimate of drug-likeness (QED) is 0.661. The van der Waals surface area contributed by atoms with Gasteiger partial charge in [-0.1, -0.05) is 0 Å². The van der Waals surface area contributed by atoms with Crippen molar-refractivity contribution in [3.8, 4) is 0 Å². The van der Waals surface area contributed by atoms with Crippen molar-refractivity contribution >= 4 is 11.5 Å². The molecule has 1 aromatic heterocycles. The molecule has 0 aliphatic carbocycles. The minimum atomic E-state index is -0.378. The topological polar surface area (TPSA) is 71.3 Å². The lowest BCUT2D eigenvalue weighted by Gasteiger charge is -2.20. The number of rotatable bonds is 5. The van der Waals surface area contributed by atoms with Crippen molar-refractivity contribution < 1.29 is 4.92 Å². The summed E-state index contributed by atoms with van der Waals surface area (Å²) in [7, 11) is 0. The summed E-state index contributed by atoms with van der Waals surface area (Å²) in [5.74, 6) is 0.906. The van der Waals surface area contributed by atoms with Crippen LogP contribution in [-0.2, 0) is 0 Å². The second-order valence-corrected chi connectivity index (χ2v) is 5.76. The first-order valence-electron chi connectivity index (χ1n) is 7.06. The number of hydrogen-bond acceptors (Lipinski definition) is 5. The molecule has 0 bridgehead atoms. The van der Waals surface area contributed by atoms with Gasteiger partial charge in [-0.3, -0.25) is 10.1 Å². The van der Waals surface area contributed by atoms with Crippen LogP contribution in [0, 0.1) is 23.0 Å².